The number of pyridine rings is 2. The van der Waals surface area contributed by atoms with E-state index < -0.39 is 34.5 Å². The molecule has 218 valence electrons. The van der Waals surface area contributed by atoms with Crippen LogP contribution >= 0.6 is 0 Å². The quantitative estimate of drug-likeness (QED) is 0.413. The highest BCUT2D eigenvalue weighted by Gasteiger charge is 2.54. The number of carbonyl (C=O) groups is 1. The monoisotopic (exact) mass is 585 g/mol. The van der Waals surface area contributed by atoms with Crippen molar-refractivity contribution in [2.24, 2.45) is 0 Å². The van der Waals surface area contributed by atoms with E-state index in [0.29, 0.717) is 18.7 Å². The first kappa shape index (κ1) is 27.8. The van der Waals surface area contributed by atoms with E-state index in [2.05, 4.69) is 14.7 Å². The average molecular weight is 586 g/mol. The van der Waals surface area contributed by atoms with Gasteiger partial charge in [-0.3, -0.25) is 19.4 Å². The van der Waals surface area contributed by atoms with Gasteiger partial charge in [-0.2, -0.15) is 0 Å². The Morgan fingerprint density at radius 2 is 1.80 bits per heavy atom. The number of likely N-dealkylation sites (tertiary alicyclic amines) is 1. The minimum atomic E-state index is -3.76. The Bertz CT molecular complexity index is 1620. The number of amides is 1. The molecule has 9 nitrogen and oxygen atoms in total. The Morgan fingerprint density at radius 3 is 2.49 bits per heavy atom. The topological polar surface area (TPSA) is 105 Å². The third-order valence-corrected chi connectivity index (χ3v) is 9.00. The van der Waals surface area contributed by atoms with Gasteiger partial charge in [-0.05, 0) is 62.5 Å². The number of sulfonamides is 1. The first-order valence-corrected chi connectivity index (χ1v) is 15.8. The average Bonchev–Trinajstić information content (AvgIpc) is 3.14. The number of benzene rings is 1. The summed E-state index contributed by atoms with van der Waals surface area (Å²) < 4.78 is 61.6. The third-order valence-electron chi connectivity index (χ3n) is 8.41. The zero-order valence-electron chi connectivity index (χ0n) is 23.1. The molecule has 0 atom stereocenters. The third kappa shape index (κ3) is 5.23. The molecule has 1 N–H and O–H groups in total. The number of nitrogens with one attached hydrogen (secondary N) is 1. The van der Waals surface area contributed by atoms with Crippen LogP contribution in [0.25, 0.3) is 22.0 Å². The van der Waals surface area contributed by atoms with Crippen LogP contribution in [0.2, 0.25) is 0 Å². The zero-order valence-corrected chi connectivity index (χ0v) is 23.9. The molecule has 2 aromatic heterocycles. The molecule has 6 rings (SSSR count). The molecule has 3 aliphatic rings. The number of ether oxygens (including phenoxy) is 1. The van der Waals surface area contributed by atoms with Crippen molar-refractivity contribution in [2.75, 3.05) is 49.2 Å². The van der Waals surface area contributed by atoms with Crippen molar-refractivity contribution >= 4 is 38.2 Å². The van der Waals surface area contributed by atoms with Crippen LogP contribution < -0.4 is 14.4 Å². The fraction of sp³-hybridized carbons (Fsp3) is 0.483. The van der Waals surface area contributed by atoms with Gasteiger partial charge in [0.2, 0.25) is 21.8 Å². The van der Waals surface area contributed by atoms with Crippen LogP contribution in [0, 0.1) is 0 Å². The number of nitrogens with zero attached hydrogens (tertiary/aromatic N) is 4. The minimum Gasteiger partial charge on any atom is -0.470 e. The van der Waals surface area contributed by atoms with Gasteiger partial charge >= 0.3 is 0 Å². The summed E-state index contributed by atoms with van der Waals surface area (Å²) in [4.78, 5) is 25.4. The normalized spacial score (nSPS) is 18.9. The highest BCUT2D eigenvalue weighted by molar-refractivity contribution is 7.92. The number of aromatic nitrogens is 2. The number of fused-ring (bicyclic) bond motifs is 4. The lowest BCUT2D eigenvalue weighted by Gasteiger charge is -2.37. The van der Waals surface area contributed by atoms with Crippen LogP contribution in [0.3, 0.4) is 0 Å². The SMILES string of the molecule is CN1C(=O)C2(CCC2)c2c1cnc1ccc(-c3cnc(OCC(F)(F)CN4CCCCC4)c(NS(C)(=O)=O)c3)cc21. The summed E-state index contributed by atoms with van der Waals surface area (Å²) in [5.74, 6) is -3.27. The van der Waals surface area contributed by atoms with Gasteiger partial charge in [-0.25, -0.2) is 22.2 Å². The number of halogens is 2. The highest BCUT2D eigenvalue weighted by Crippen LogP contribution is 2.55. The maximum atomic E-state index is 14.8. The number of carbonyl (C=O) groups excluding carboxylic acids is 1. The van der Waals surface area contributed by atoms with Crippen LogP contribution in [0.4, 0.5) is 20.2 Å². The van der Waals surface area contributed by atoms with E-state index >= 15 is 0 Å². The van der Waals surface area contributed by atoms with Gasteiger partial charge in [0.1, 0.15) is 5.69 Å². The second-order valence-corrected chi connectivity index (χ2v) is 13.2. The van der Waals surface area contributed by atoms with Crippen LogP contribution in [0.5, 0.6) is 5.88 Å². The molecule has 0 bridgehead atoms. The number of alkyl halides is 2. The molecule has 0 unspecified atom stereocenters. The van der Waals surface area contributed by atoms with Crippen molar-refractivity contribution in [2.45, 2.75) is 49.9 Å². The van der Waals surface area contributed by atoms with E-state index in [1.807, 2.05) is 18.2 Å². The number of hydrogen-bond donors (Lipinski definition) is 1. The van der Waals surface area contributed by atoms with Crippen molar-refractivity contribution in [3.63, 3.8) is 0 Å². The smallest absolute Gasteiger partial charge is 0.293 e. The molecule has 1 spiro atoms. The summed E-state index contributed by atoms with van der Waals surface area (Å²) in [5, 5.41) is 0.854. The highest BCUT2D eigenvalue weighted by atomic mass is 32.2. The summed E-state index contributed by atoms with van der Waals surface area (Å²) in [6.07, 6.45) is 9.56. The van der Waals surface area contributed by atoms with Gasteiger partial charge in [0.15, 0.2) is 6.61 Å². The van der Waals surface area contributed by atoms with E-state index in [-0.39, 0.29) is 17.5 Å². The van der Waals surface area contributed by atoms with E-state index in [0.717, 1.165) is 72.5 Å². The largest absolute Gasteiger partial charge is 0.470 e. The lowest BCUT2D eigenvalue weighted by atomic mass is 9.64. The molecule has 3 aromatic rings. The molecule has 4 heterocycles. The molecule has 0 radical (unpaired) electrons. The molecule has 2 fully saturated rings. The van der Waals surface area contributed by atoms with Crippen molar-refractivity contribution in [3.05, 3.63) is 42.2 Å². The van der Waals surface area contributed by atoms with Gasteiger partial charge in [-0.1, -0.05) is 18.9 Å². The Balaban J connectivity index is 1.32. The zero-order chi connectivity index (χ0) is 29.0. The van der Waals surface area contributed by atoms with E-state index in [4.69, 9.17) is 4.74 Å². The molecule has 2 aliphatic heterocycles. The minimum absolute atomic E-state index is 0.0272. The maximum absolute atomic E-state index is 14.8. The van der Waals surface area contributed by atoms with Crippen molar-refractivity contribution in [1.29, 1.82) is 0 Å². The molecular formula is C29H33F2N5O4S. The Kier molecular flexibility index (Phi) is 6.88. The predicted molar refractivity (Wildman–Crippen MR) is 153 cm³/mol. The van der Waals surface area contributed by atoms with Crippen molar-refractivity contribution < 1.29 is 26.7 Å². The Hall–Kier alpha value is -3.38. The van der Waals surface area contributed by atoms with Gasteiger partial charge in [0.05, 0.1) is 35.6 Å². The van der Waals surface area contributed by atoms with E-state index in [1.54, 1.807) is 23.0 Å². The maximum Gasteiger partial charge on any atom is 0.293 e. The van der Waals surface area contributed by atoms with Crippen molar-refractivity contribution in [1.82, 2.24) is 14.9 Å². The summed E-state index contributed by atoms with van der Waals surface area (Å²) in [5.41, 5.74) is 3.23. The molecule has 1 aliphatic carbocycles. The summed E-state index contributed by atoms with van der Waals surface area (Å²) >= 11 is 0. The molecule has 41 heavy (non-hydrogen) atoms. The van der Waals surface area contributed by atoms with Gasteiger partial charge in [-0.15, -0.1) is 0 Å². The van der Waals surface area contributed by atoms with Gasteiger partial charge < -0.3 is 9.64 Å². The molecule has 12 heteroatoms. The van der Waals surface area contributed by atoms with E-state index in [9.17, 15) is 22.0 Å². The lowest BCUT2D eigenvalue weighted by Crippen LogP contribution is -2.43. The van der Waals surface area contributed by atoms with Crippen LogP contribution in [-0.2, 0) is 20.2 Å². The summed E-state index contributed by atoms with van der Waals surface area (Å²) in [6, 6.07) is 7.15. The molecular weight excluding hydrogens is 552 g/mol. The molecule has 1 saturated carbocycles. The fourth-order valence-electron chi connectivity index (χ4n) is 6.31. The number of rotatable bonds is 8. The molecule has 1 amide bonds. The molecule has 1 aromatic carbocycles. The second-order valence-electron chi connectivity index (χ2n) is 11.5. The Morgan fingerprint density at radius 1 is 1.05 bits per heavy atom. The van der Waals surface area contributed by atoms with Crippen LogP contribution in [0.15, 0.2) is 36.7 Å². The fourth-order valence-corrected chi connectivity index (χ4v) is 6.86. The first-order valence-electron chi connectivity index (χ1n) is 13.9. The number of likely N-dealkylation sites (N-methyl/N-ethyl adjacent to an activating group) is 1. The van der Waals surface area contributed by atoms with Gasteiger partial charge in [0.25, 0.3) is 5.92 Å². The Labute approximate surface area is 238 Å². The number of piperidine rings is 1. The van der Waals surface area contributed by atoms with Crippen LogP contribution in [0.1, 0.15) is 44.1 Å². The van der Waals surface area contributed by atoms with E-state index in [1.165, 1.54) is 12.3 Å². The van der Waals surface area contributed by atoms with Crippen LogP contribution in [-0.4, -0.2) is 74.7 Å². The number of anilines is 2. The second kappa shape index (κ2) is 10.2. The lowest BCUT2D eigenvalue weighted by molar-refractivity contribution is -0.125. The summed E-state index contributed by atoms with van der Waals surface area (Å²) in [6.45, 7) is -0.0980. The van der Waals surface area contributed by atoms with Crippen molar-refractivity contribution in [3.8, 4) is 17.0 Å². The summed E-state index contributed by atoms with van der Waals surface area (Å²) in [7, 11) is -1.99. The standard InChI is InChI=1S/C29H33F2N5O4S/c1-35-24-16-32-22-8-7-19(13-21(22)25(24)28(27(35)37)9-6-10-28)20-14-23(34-41(2,38)39)26(33-15-20)40-18-29(30,31)17-36-11-4-3-5-12-36/h7-8,13-16,34H,3-6,9-12,17-18H2,1-2H3. The predicted octanol–water partition coefficient (Wildman–Crippen LogP) is 4.57. The van der Waals surface area contributed by atoms with Gasteiger partial charge in [0, 0.05) is 29.8 Å². The molecule has 1 saturated heterocycles. The number of hydrogen-bond acceptors (Lipinski definition) is 7. The first-order chi connectivity index (χ1) is 19.5.